The van der Waals surface area contributed by atoms with Crippen LogP contribution in [-0.2, 0) is 0 Å². The van der Waals surface area contributed by atoms with Crippen LogP contribution in [0, 0.1) is 6.92 Å². The van der Waals surface area contributed by atoms with E-state index in [9.17, 15) is 4.79 Å². The summed E-state index contributed by atoms with van der Waals surface area (Å²) in [6.45, 7) is 4.57. The number of carbonyl (C=O) groups excluding carboxylic acids is 1. The number of likely N-dealkylation sites (tertiary alicyclic amines) is 1. The van der Waals surface area contributed by atoms with Crippen LogP contribution in [0.15, 0.2) is 29.8 Å². The lowest BCUT2D eigenvalue weighted by atomic mass is 10.1. The Balaban J connectivity index is 1.74. The number of amides is 1. The molecule has 0 bridgehead atoms. The van der Waals surface area contributed by atoms with Gasteiger partial charge in [0, 0.05) is 11.6 Å². The minimum atomic E-state index is -0.0452. The second-order valence-electron chi connectivity index (χ2n) is 5.79. The number of rotatable bonds is 5. The van der Waals surface area contributed by atoms with Crippen LogP contribution in [0.3, 0.4) is 0 Å². The summed E-state index contributed by atoms with van der Waals surface area (Å²) >= 11 is 7.53. The normalized spacial score (nSPS) is 16.4. The molecule has 1 aromatic heterocycles. The van der Waals surface area contributed by atoms with Gasteiger partial charge in [0.25, 0.3) is 5.91 Å². The van der Waals surface area contributed by atoms with Crippen molar-refractivity contribution in [1.29, 1.82) is 0 Å². The zero-order valence-corrected chi connectivity index (χ0v) is 14.7. The topological polar surface area (TPSA) is 45.2 Å². The molecule has 0 saturated carbocycles. The van der Waals surface area contributed by atoms with E-state index in [1.807, 2.05) is 25.1 Å². The van der Waals surface area contributed by atoms with Gasteiger partial charge in [-0.1, -0.05) is 23.7 Å². The van der Waals surface area contributed by atoms with Gasteiger partial charge >= 0.3 is 0 Å². The fourth-order valence-corrected chi connectivity index (χ4v) is 3.93. The average Bonchev–Trinajstić information content (AvgIpc) is 3.19. The van der Waals surface area contributed by atoms with Crippen LogP contribution < -0.4 is 5.32 Å². The number of benzene rings is 1. The molecule has 1 saturated heterocycles. The van der Waals surface area contributed by atoms with Gasteiger partial charge in [0.1, 0.15) is 4.88 Å². The van der Waals surface area contributed by atoms with Gasteiger partial charge in [-0.15, -0.1) is 11.3 Å². The van der Waals surface area contributed by atoms with E-state index >= 15 is 0 Å². The van der Waals surface area contributed by atoms with E-state index in [1.165, 1.54) is 24.2 Å². The molecule has 1 amide bonds. The van der Waals surface area contributed by atoms with Gasteiger partial charge < -0.3 is 5.32 Å². The molecule has 4 nitrogen and oxygen atoms in total. The third-order valence-corrected chi connectivity index (χ3v) is 5.39. The van der Waals surface area contributed by atoms with E-state index in [0.29, 0.717) is 11.4 Å². The Morgan fingerprint density at radius 3 is 2.87 bits per heavy atom. The molecule has 0 aliphatic carbocycles. The summed E-state index contributed by atoms with van der Waals surface area (Å²) in [4.78, 5) is 19.6. The number of aryl methyl sites for hydroxylation is 1. The van der Waals surface area contributed by atoms with E-state index in [4.69, 9.17) is 11.6 Å². The first-order valence-corrected chi connectivity index (χ1v) is 9.08. The van der Waals surface area contributed by atoms with E-state index in [2.05, 4.69) is 21.3 Å². The molecule has 1 N–H and O–H groups in total. The molecule has 1 unspecified atom stereocenters. The zero-order valence-electron chi connectivity index (χ0n) is 13.1. The van der Waals surface area contributed by atoms with Crippen LogP contribution >= 0.6 is 22.9 Å². The van der Waals surface area contributed by atoms with Crippen molar-refractivity contribution < 1.29 is 4.79 Å². The molecule has 2 aromatic rings. The van der Waals surface area contributed by atoms with E-state index in [-0.39, 0.29) is 11.9 Å². The molecule has 122 valence electrons. The SMILES string of the molecule is Cc1ncsc1C(=O)NCC(c1cccc(Cl)c1)N1CCCC1. The molecule has 1 aromatic carbocycles. The maximum Gasteiger partial charge on any atom is 0.263 e. The second-order valence-corrected chi connectivity index (χ2v) is 7.08. The number of nitrogens with zero attached hydrogens (tertiary/aromatic N) is 2. The van der Waals surface area contributed by atoms with Crippen LogP contribution in [0.4, 0.5) is 0 Å². The molecule has 1 atom stereocenters. The lowest BCUT2D eigenvalue weighted by Crippen LogP contribution is -2.36. The van der Waals surface area contributed by atoms with Crippen molar-refractivity contribution in [3.63, 3.8) is 0 Å². The van der Waals surface area contributed by atoms with Gasteiger partial charge in [-0.05, 0) is 50.6 Å². The molecule has 1 aliphatic rings. The van der Waals surface area contributed by atoms with Gasteiger partial charge in [0.15, 0.2) is 0 Å². The first kappa shape index (κ1) is 16.4. The summed E-state index contributed by atoms with van der Waals surface area (Å²) in [6.07, 6.45) is 2.41. The number of nitrogens with one attached hydrogen (secondary N) is 1. The molecule has 0 radical (unpaired) electrons. The van der Waals surface area contributed by atoms with Crippen LogP contribution in [0.25, 0.3) is 0 Å². The maximum absolute atomic E-state index is 12.4. The Morgan fingerprint density at radius 1 is 1.43 bits per heavy atom. The molecule has 2 heterocycles. The summed E-state index contributed by atoms with van der Waals surface area (Å²) < 4.78 is 0. The predicted octanol–water partition coefficient (Wildman–Crippen LogP) is 3.67. The Hall–Kier alpha value is -1.43. The van der Waals surface area contributed by atoms with Crippen molar-refractivity contribution in [2.45, 2.75) is 25.8 Å². The zero-order chi connectivity index (χ0) is 16.2. The predicted molar refractivity (Wildman–Crippen MR) is 94.2 cm³/mol. The van der Waals surface area contributed by atoms with Crippen LogP contribution in [0.5, 0.6) is 0 Å². The highest BCUT2D eigenvalue weighted by Gasteiger charge is 2.24. The molecule has 23 heavy (non-hydrogen) atoms. The minimum absolute atomic E-state index is 0.0452. The smallest absolute Gasteiger partial charge is 0.263 e. The number of hydrogen-bond donors (Lipinski definition) is 1. The molecule has 1 fully saturated rings. The second kappa shape index (κ2) is 7.43. The summed E-state index contributed by atoms with van der Waals surface area (Å²) in [5.74, 6) is -0.0452. The molecule has 6 heteroatoms. The first-order valence-electron chi connectivity index (χ1n) is 7.83. The summed E-state index contributed by atoms with van der Waals surface area (Å²) in [5.41, 5.74) is 3.65. The lowest BCUT2D eigenvalue weighted by Gasteiger charge is -2.28. The number of halogens is 1. The fourth-order valence-electron chi connectivity index (χ4n) is 3.01. The Labute approximate surface area is 145 Å². The number of carbonyl (C=O) groups is 1. The fraction of sp³-hybridized carbons (Fsp3) is 0.412. The molecule has 1 aliphatic heterocycles. The lowest BCUT2D eigenvalue weighted by molar-refractivity contribution is 0.0941. The highest BCUT2D eigenvalue weighted by Crippen LogP contribution is 2.26. The number of thiazole rings is 1. The first-order chi connectivity index (χ1) is 11.1. The van der Waals surface area contributed by atoms with Gasteiger partial charge in [-0.3, -0.25) is 9.69 Å². The highest BCUT2D eigenvalue weighted by molar-refractivity contribution is 7.11. The summed E-state index contributed by atoms with van der Waals surface area (Å²) in [6, 6.07) is 8.09. The van der Waals surface area contributed by atoms with Crippen LogP contribution in [0.2, 0.25) is 5.02 Å². The van der Waals surface area contributed by atoms with Gasteiger partial charge in [-0.25, -0.2) is 4.98 Å². The van der Waals surface area contributed by atoms with Crippen molar-refractivity contribution in [2.24, 2.45) is 0 Å². The third kappa shape index (κ3) is 3.91. The van der Waals surface area contributed by atoms with Gasteiger partial charge in [0.2, 0.25) is 0 Å². The Bertz CT molecular complexity index is 682. The number of hydrogen-bond acceptors (Lipinski definition) is 4. The van der Waals surface area contributed by atoms with E-state index < -0.39 is 0 Å². The largest absolute Gasteiger partial charge is 0.349 e. The van der Waals surface area contributed by atoms with Crippen LogP contribution in [0.1, 0.15) is 39.8 Å². The Kier molecular flexibility index (Phi) is 5.30. The van der Waals surface area contributed by atoms with Crippen LogP contribution in [-0.4, -0.2) is 35.4 Å². The molecular weight excluding hydrogens is 330 g/mol. The van der Waals surface area contributed by atoms with Crippen molar-refractivity contribution in [3.05, 3.63) is 50.9 Å². The standard InChI is InChI=1S/C17H20ClN3OS/c1-12-16(23-11-20-12)17(22)19-10-15(21-7-2-3-8-21)13-5-4-6-14(18)9-13/h4-6,9,11,15H,2-3,7-8,10H2,1H3,(H,19,22). The quantitative estimate of drug-likeness (QED) is 0.895. The maximum atomic E-state index is 12.4. The molecular formula is C17H20ClN3OS. The van der Waals surface area contributed by atoms with E-state index in [1.54, 1.807) is 5.51 Å². The van der Waals surface area contributed by atoms with Crippen molar-refractivity contribution in [2.75, 3.05) is 19.6 Å². The molecule has 0 spiro atoms. The third-order valence-electron chi connectivity index (χ3n) is 4.22. The average molecular weight is 350 g/mol. The Morgan fingerprint density at radius 2 is 2.22 bits per heavy atom. The molecule has 3 rings (SSSR count). The highest BCUT2D eigenvalue weighted by atomic mass is 35.5. The van der Waals surface area contributed by atoms with E-state index in [0.717, 1.165) is 29.4 Å². The van der Waals surface area contributed by atoms with Gasteiger partial charge in [0.05, 0.1) is 17.2 Å². The van der Waals surface area contributed by atoms with Crippen molar-refractivity contribution in [1.82, 2.24) is 15.2 Å². The summed E-state index contributed by atoms with van der Waals surface area (Å²) in [5, 5.41) is 3.80. The minimum Gasteiger partial charge on any atom is -0.349 e. The monoisotopic (exact) mass is 349 g/mol. The number of aromatic nitrogens is 1. The van der Waals surface area contributed by atoms with Crippen molar-refractivity contribution >= 4 is 28.8 Å². The van der Waals surface area contributed by atoms with Gasteiger partial charge in [-0.2, -0.15) is 0 Å². The van der Waals surface area contributed by atoms with Crippen molar-refractivity contribution in [3.8, 4) is 0 Å². The summed E-state index contributed by atoms with van der Waals surface area (Å²) in [7, 11) is 0.